The zero-order valence-electron chi connectivity index (χ0n) is 12.7. The topological polar surface area (TPSA) is 39.7 Å². The quantitative estimate of drug-likeness (QED) is 0.704. The van der Waals surface area contributed by atoms with E-state index in [1.165, 1.54) is 0 Å². The van der Waals surface area contributed by atoms with E-state index in [1.807, 2.05) is 6.07 Å². The second kappa shape index (κ2) is 8.93. The number of halogens is 1. The number of methoxy groups -OCH3 is 2. The van der Waals surface area contributed by atoms with E-state index in [9.17, 15) is 0 Å². The van der Waals surface area contributed by atoms with Crippen LogP contribution in [0.1, 0.15) is 20.3 Å². The monoisotopic (exact) mass is 301 g/mol. The molecule has 5 heteroatoms. The molecule has 0 aliphatic heterocycles. The van der Waals surface area contributed by atoms with Gasteiger partial charge in [-0.15, -0.1) is 0 Å². The molecule has 1 aromatic rings. The molecule has 0 bridgehead atoms. The Kier molecular flexibility index (Phi) is 7.55. The highest BCUT2D eigenvalue weighted by molar-refractivity contribution is 6.32. The average Bonchev–Trinajstić information content (AvgIpc) is 2.43. The minimum absolute atomic E-state index is 0.531. The van der Waals surface area contributed by atoms with Gasteiger partial charge >= 0.3 is 0 Å². The van der Waals surface area contributed by atoms with E-state index >= 15 is 0 Å². The highest BCUT2D eigenvalue weighted by Gasteiger charge is 2.09. The summed E-state index contributed by atoms with van der Waals surface area (Å²) in [5, 5.41) is 3.80. The fourth-order valence-electron chi connectivity index (χ4n) is 1.68. The van der Waals surface area contributed by atoms with Crippen molar-refractivity contribution < 1.29 is 14.2 Å². The molecule has 4 nitrogen and oxygen atoms in total. The van der Waals surface area contributed by atoms with Crippen LogP contribution in [0.2, 0.25) is 5.02 Å². The molecule has 0 heterocycles. The van der Waals surface area contributed by atoms with E-state index < -0.39 is 0 Å². The van der Waals surface area contributed by atoms with Crippen LogP contribution in [0, 0.1) is 5.92 Å². The molecule has 1 rings (SSSR count). The first-order valence-corrected chi connectivity index (χ1v) is 7.19. The Morgan fingerprint density at radius 1 is 1.10 bits per heavy atom. The second-order valence-corrected chi connectivity index (χ2v) is 5.32. The average molecular weight is 302 g/mol. The summed E-state index contributed by atoms with van der Waals surface area (Å²) in [6.45, 7) is 6.53. The van der Waals surface area contributed by atoms with E-state index in [1.54, 1.807) is 20.3 Å². The maximum atomic E-state index is 6.05. The molecule has 0 aliphatic carbocycles. The van der Waals surface area contributed by atoms with Gasteiger partial charge in [0, 0.05) is 25.3 Å². The van der Waals surface area contributed by atoms with Crippen LogP contribution in [0.3, 0.4) is 0 Å². The predicted molar refractivity (Wildman–Crippen MR) is 83.3 cm³/mol. The van der Waals surface area contributed by atoms with Gasteiger partial charge in [0.25, 0.3) is 0 Å². The van der Waals surface area contributed by atoms with Crippen LogP contribution >= 0.6 is 11.6 Å². The summed E-state index contributed by atoms with van der Waals surface area (Å²) in [7, 11) is 3.20. The number of hydrogen-bond acceptors (Lipinski definition) is 4. The van der Waals surface area contributed by atoms with E-state index in [-0.39, 0.29) is 0 Å². The molecule has 0 fully saturated rings. The molecule has 0 unspecified atom stereocenters. The first-order chi connectivity index (χ1) is 9.58. The first-order valence-electron chi connectivity index (χ1n) is 6.81. The molecule has 0 saturated carbocycles. The van der Waals surface area contributed by atoms with E-state index in [0.29, 0.717) is 35.6 Å². The normalized spacial score (nSPS) is 10.7. The second-order valence-electron chi connectivity index (χ2n) is 4.91. The van der Waals surface area contributed by atoms with Crippen molar-refractivity contribution in [1.82, 2.24) is 0 Å². The third kappa shape index (κ3) is 5.47. The molecule has 0 spiro atoms. The molecular weight excluding hydrogens is 278 g/mol. The van der Waals surface area contributed by atoms with Gasteiger partial charge in [0.2, 0.25) is 0 Å². The number of nitrogens with one attached hydrogen (secondary N) is 1. The van der Waals surface area contributed by atoms with Gasteiger partial charge in [-0.3, -0.25) is 0 Å². The Morgan fingerprint density at radius 3 is 2.40 bits per heavy atom. The summed E-state index contributed by atoms with van der Waals surface area (Å²) >= 11 is 6.05. The van der Waals surface area contributed by atoms with Gasteiger partial charge in [0.15, 0.2) is 0 Å². The summed E-state index contributed by atoms with van der Waals surface area (Å²) in [5.41, 5.74) is 0.848. The third-order valence-electron chi connectivity index (χ3n) is 2.88. The SMILES string of the molecule is COc1cc(NCCOCCC(C)C)c(OC)cc1Cl. The predicted octanol–water partition coefficient (Wildman–Crippen LogP) is 3.83. The Hall–Kier alpha value is -1.13. The molecule has 0 saturated heterocycles. The van der Waals surface area contributed by atoms with Gasteiger partial charge in [-0.2, -0.15) is 0 Å². The molecule has 20 heavy (non-hydrogen) atoms. The zero-order chi connectivity index (χ0) is 15.0. The number of ether oxygens (including phenoxy) is 3. The Morgan fingerprint density at radius 2 is 1.80 bits per heavy atom. The zero-order valence-corrected chi connectivity index (χ0v) is 13.4. The van der Waals surface area contributed by atoms with E-state index in [2.05, 4.69) is 19.2 Å². The van der Waals surface area contributed by atoms with Gasteiger partial charge in [-0.1, -0.05) is 25.4 Å². The van der Waals surface area contributed by atoms with Crippen LogP contribution in [0.15, 0.2) is 12.1 Å². The van der Waals surface area contributed by atoms with Crippen LogP contribution in [0.5, 0.6) is 11.5 Å². The fourth-order valence-corrected chi connectivity index (χ4v) is 1.91. The lowest BCUT2D eigenvalue weighted by Crippen LogP contribution is -2.11. The number of anilines is 1. The van der Waals surface area contributed by atoms with Crippen molar-refractivity contribution in [2.24, 2.45) is 5.92 Å². The summed E-state index contributed by atoms with van der Waals surface area (Å²) in [6.07, 6.45) is 1.08. The maximum absolute atomic E-state index is 6.05. The number of rotatable bonds is 9. The molecule has 0 atom stereocenters. The smallest absolute Gasteiger partial charge is 0.143 e. The minimum atomic E-state index is 0.531. The molecule has 1 aromatic carbocycles. The van der Waals surface area contributed by atoms with E-state index in [4.69, 9.17) is 25.8 Å². The summed E-state index contributed by atoms with van der Waals surface area (Å²) in [5.74, 6) is 1.98. The fraction of sp³-hybridized carbons (Fsp3) is 0.600. The molecule has 0 aliphatic rings. The van der Waals surface area contributed by atoms with Crippen LogP contribution in [0.4, 0.5) is 5.69 Å². The standard InChI is InChI=1S/C15H24ClNO3/c1-11(2)5-7-20-8-6-17-13-10-14(18-3)12(16)9-15(13)19-4/h9-11,17H,5-8H2,1-4H3. The lowest BCUT2D eigenvalue weighted by molar-refractivity contribution is 0.132. The van der Waals surface area contributed by atoms with Crippen LogP contribution in [-0.2, 0) is 4.74 Å². The van der Waals surface area contributed by atoms with E-state index in [0.717, 1.165) is 18.7 Å². The highest BCUT2D eigenvalue weighted by Crippen LogP contribution is 2.35. The van der Waals surface area contributed by atoms with Gasteiger partial charge in [-0.05, 0) is 12.3 Å². The van der Waals surface area contributed by atoms with Gasteiger partial charge in [0.1, 0.15) is 11.5 Å². The highest BCUT2D eigenvalue weighted by atomic mass is 35.5. The van der Waals surface area contributed by atoms with Crippen LogP contribution < -0.4 is 14.8 Å². The maximum Gasteiger partial charge on any atom is 0.143 e. The molecule has 1 N–H and O–H groups in total. The first kappa shape index (κ1) is 16.9. The van der Waals surface area contributed by atoms with Crippen LogP contribution in [-0.4, -0.2) is 34.0 Å². The van der Waals surface area contributed by atoms with Crippen molar-refractivity contribution in [2.75, 3.05) is 39.3 Å². The lowest BCUT2D eigenvalue weighted by Gasteiger charge is -2.14. The summed E-state index contributed by atoms with van der Waals surface area (Å²) in [4.78, 5) is 0. The number of hydrogen-bond donors (Lipinski definition) is 1. The van der Waals surface area contributed by atoms with Gasteiger partial charge in [0.05, 0.1) is 31.5 Å². The van der Waals surface area contributed by atoms with Crippen molar-refractivity contribution in [3.63, 3.8) is 0 Å². The van der Waals surface area contributed by atoms with Crippen LogP contribution in [0.25, 0.3) is 0 Å². The Labute approximate surface area is 126 Å². The molecular formula is C15H24ClNO3. The van der Waals surface area contributed by atoms with Crippen molar-refractivity contribution in [1.29, 1.82) is 0 Å². The minimum Gasteiger partial charge on any atom is -0.495 e. The number of benzene rings is 1. The van der Waals surface area contributed by atoms with Gasteiger partial charge in [-0.25, -0.2) is 0 Å². The summed E-state index contributed by atoms with van der Waals surface area (Å²) < 4.78 is 16.0. The van der Waals surface area contributed by atoms with Crippen molar-refractivity contribution in [2.45, 2.75) is 20.3 Å². The Balaban J connectivity index is 2.46. The van der Waals surface area contributed by atoms with Crippen molar-refractivity contribution in [3.05, 3.63) is 17.2 Å². The molecule has 0 aromatic heterocycles. The molecule has 0 amide bonds. The Bertz CT molecular complexity index is 410. The third-order valence-corrected chi connectivity index (χ3v) is 3.17. The summed E-state index contributed by atoms with van der Waals surface area (Å²) in [6, 6.07) is 3.57. The lowest BCUT2D eigenvalue weighted by atomic mass is 10.1. The van der Waals surface area contributed by atoms with Crippen molar-refractivity contribution >= 4 is 17.3 Å². The molecule has 114 valence electrons. The largest absolute Gasteiger partial charge is 0.495 e. The van der Waals surface area contributed by atoms with Gasteiger partial charge < -0.3 is 19.5 Å². The molecule has 0 radical (unpaired) electrons. The van der Waals surface area contributed by atoms with Crippen molar-refractivity contribution in [3.8, 4) is 11.5 Å².